The Morgan fingerprint density at radius 3 is 2.85 bits per heavy atom. The Morgan fingerprint density at radius 2 is 2.30 bits per heavy atom. The van der Waals surface area contributed by atoms with Gasteiger partial charge in [0.05, 0.1) is 24.3 Å². The predicted molar refractivity (Wildman–Crippen MR) is 85.2 cm³/mol. The van der Waals surface area contributed by atoms with E-state index in [4.69, 9.17) is 9.47 Å². The molecule has 0 amide bonds. The summed E-state index contributed by atoms with van der Waals surface area (Å²) in [6, 6.07) is 6.69. The van der Waals surface area contributed by atoms with E-state index >= 15 is 0 Å². The summed E-state index contributed by atoms with van der Waals surface area (Å²) in [5.41, 5.74) is 1.30. The van der Waals surface area contributed by atoms with Gasteiger partial charge < -0.3 is 14.8 Å². The van der Waals surface area contributed by atoms with Gasteiger partial charge in [0, 0.05) is 12.0 Å². The van der Waals surface area contributed by atoms with Crippen LogP contribution in [0.15, 0.2) is 22.7 Å². The van der Waals surface area contributed by atoms with E-state index in [1.165, 1.54) is 5.56 Å². The molecule has 1 aliphatic heterocycles. The van der Waals surface area contributed by atoms with Crippen molar-refractivity contribution in [1.82, 2.24) is 5.32 Å². The SMILES string of the molecule is CCCNC(c1ccc(OC)c(Br)c1)C1COC(C)C1. The second kappa shape index (κ2) is 7.43. The summed E-state index contributed by atoms with van der Waals surface area (Å²) in [6.45, 7) is 6.22. The van der Waals surface area contributed by atoms with Gasteiger partial charge >= 0.3 is 0 Å². The van der Waals surface area contributed by atoms with Crippen molar-refractivity contribution in [2.45, 2.75) is 38.8 Å². The van der Waals surface area contributed by atoms with Crippen molar-refractivity contribution in [2.24, 2.45) is 5.92 Å². The van der Waals surface area contributed by atoms with Crippen molar-refractivity contribution in [2.75, 3.05) is 20.3 Å². The van der Waals surface area contributed by atoms with Gasteiger partial charge in [-0.25, -0.2) is 0 Å². The summed E-state index contributed by atoms with van der Waals surface area (Å²) >= 11 is 3.58. The van der Waals surface area contributed by atoms with E-state index in [0.717, 1.165) is 36.2 Å². The van der Waals surface area contributed by atoms with E-state index in [-0.39, 0.29) is 0 Å². The van der Waals surface area contributed by atoms with Crippen LogP contribution in [0.2, 0.25) is 0 Å². The molecule has 4 heteroatoms. The normalized spacial score (nSPS) is 23.8. The summed E-state index contributed by atoms with van der Waals surface area (Å²) in [4.78, 5) is 0. The zero-order valence-corrected chi connectivity index (χ0v) is 14.1. The number of hydrogen-bond donors (Lipinski definition) is 1. The maximum Gasteiger partial charge on any atom is 0.133 e. The number of benzene rings is 1. The van der Waals surface area contributed by atoms with Crippen molar-refractivity contribution in [1.29, 1.82) is 0 Å². The molecule has 20 heavy (non-hydrogen) atoms. The molecule has 1 aliphatic rings. The first-order valence-corrected chi connectivity index (χ1v) is 8.13. The van der Waals surface area contributed by atoms with Crippen LogP contribution in [-0.2, 0) is 4.74 Å². The van der Waals surface area contributed by atoms with Crippen LogP contribution in [0, 0.1) is 5.92 Å². The number of rotatable bonds is 6. The van der Waals surface area contributed by atoms with Crippen LogP contribution >= 0.6 is 15.9 Å². The van der Waals surface area contributed by atoms with Crippen molar-refractivity contribution >= 4 is 15.9 Å². The Hall–Kier alpha value is -0.580. The number of nitrogens with one attached hydrogen (secondary N) is 1. The molecule has 0 saturated carbocycles. The van der Waals surface area contributed by atoms with E-state index in [1.54, 1.807) is 7.11 Å². The van der Waals surface area contributed by atoms with Crippen molar-refractivity contribution in [3.63, 3.8) is 0 Å². The average molecular weight is 342 g/mol. The molecular weight excluding hydrogens is 318 g/mol. The van der Waals surface area contributed by atoms with Crippen LogP contribution < -0.4 is 10.1 Å². The third kappa shape index (κ3) is 3.74. The third-order valence-electron chi connectivity index (χ3n) is 3.85. The molecule has 0 bridgehead atoms. The molecule has 3 atom stereocenters. The van der Waals surface area contributed by atoms with Crippen molar-refractivity contribution < 1.29 is 9.47 Å². The lowest BCUT2D eigenvalue weighted by molar-refractivity contribution is 0.117. The van der Waals surface area contributed by atoms with E-state index in [1.807, 2.05) is 6.07 Å². The monoisotopic (exact) mass is 341 g/mol. The van der Waals surface area contributed by atoms with Gasteiger partial charge in [-0.05, 0) is 59.9 Å². The number of halogens is 1. The van der Waals surface area contributed by atoms with E-state index in [2.05, 4.69) is 47.2 Å². The highest BCUT2D eigenvalue weighted by Crippen LogP contribution is 2.35. The first kappa shape index (κ1) is 15.8. The zero-order chi connectivity index (χ0) is 14.5. The lowest BCUT2D eigenvalue weighted by Gasteiger charge is -2.25. The fourth-order valence-electron chi connectivity index (χ4n) is 2.82. The smallest absolute Gasteiger partial charge is 0.133 e. The maximum absolute atomic E-state index is 5.75. The first-order valence-electron chi connectivity index (χ1n) is 7.34. The first-order chi connectivity index (χ1) is 9.65. The Kier molecular flexibility index (Phi) is 5.87. The highest BCUT2D eigenvalue weighted by atomic mass is 79.9. The molecule has 0 aliphatic carbocycles. The minimum absolute atomic E-state index is 0.349. The quantitative estimate of drug-likeness (QED) is 0.850. The molecule has 0 aromatic heterocycles. The largest absolute Gasteiger partial charge is 0.496 e. The topological polar surface area (TPSA) is 30.5 Å². The van der Waals surface area contributed by atoms with Gasteiger partial charge in [-0.3, -0.25) is 0 Å². The maximum atomic E-state index is 5.75. The van der Waals surface area contributed by atoms with Gasteiger partial charge in [0.25, 0.3) is 0 Å². The van der Waals surface area contributed by atoms with Crippen molar-refractivity contribution in [3.8, 4) is 5.75 Å². The van der Waals surface area contributed by atoms with Crippen LogP contribution in [0.5, 0.6) is 5.75 Å². The molecule has 1 N–H and O–H groups in total. The third-order valence-corrected chi connectivity index (χ3v) is 4.47. The molecule has 0 radical (unpaired) electrons. The lowest BCUT2D eigenvalue weighted by Crippen LogP contribution is -2.29. The summed E-state index contributed by atoms with van der Waals surface area (Å²) in [5, 5.41) is 3.67. The summed E-state index contributed by atoms with van der Waals surface area (Å²) in [6.07, 6.45) is 2.62. The molecule has 2 rings (SSSR count). The number of ether oxygens (including phenoxy) is 2. The number of hydrogen-bond acceptors (Lipinski definition) is 3. The lowest BCUT2D eigenvalue weighted by atomic mass is 9.91. The fourth-order valence-corrected chi connectivity index (χ4v) is 3.37. The molecule has 0 spiro atoms. The zero-order valence-electron chi connectivity index (χ0n) is 12.5. The fraction of sp³-hybridized carbons (Fsp3) is 0.625. The summed E-state index contributed by atoms with van der Waals surface area (Å²) in [5.74, 6) is 1.41. The van der Waals surface area contributed by atoms with Crippen LogP contribution in [0.4, 0.5) is 0 Å². The Labute approximate surface area is 130 Å². The Morgan fingerprint density at radius 1 is 1.50 bits per heavy atom. The molecule has 3 unspecified atom stereocenters. The van der Waals surface area contributed by atoms with E-state index in [9.17, 15) is 0 Å². The van der Waals surface area contributed by atoms with Crippen LogP contribution in [0.25, 0.3) is 0 Å². The Balaban J connectivity index is 2.19. The molecule has 1 aromatic rings. The summed E-state index contributed by atoms with van der Waals surface area (Å²) in [7, 11) is 1.69. The second-order valence-electron chi connectivity index (χ2n) is 5.47. The Bertz CT molecular complexity index is 438. The minimum atomic E-state index is 0.349. The van der Waals surface area contributed by atoms with Crippen molar-refractivity contribution in [3.05, 3.63) is 28.2 Å². The average Bonchev–Trinajstić information content (AvgIpc) is 2.86. The van der Waals surface area contributed by atoms with Gasteiger partial charge in [0.2, 0.25) is 0 Å². The van der Waals surface area contributed by atoms with E-state index < -0.39 is 0 Å². The van der Waals surface area contributed by atoms with Gasteiger partial charge in [0.15, 0.2) is 0 Å². The standard InChI is InChI=1S/C16H24BrNO2/c1-4-7-18-16(13-8-11(2)20-10-13)12-5-6-15(19-3)14(17)9-12/h5-6,9,11,13,16,18H,4,7-8,10H2,1-3H3. The molecule has 1 aromatic carbocycles. The predicted octanol–water partition coefficient (Wildman–Crippen LogP) is 3.92. The molecule has 3 nitrogen and oxygen atoms in total. The van der Waals surface area contributed by atoms with Crippen LogP contribution in [0.1, 0.15) is 38.3 Å². The highest BCUT2D eigenvalue weighted by molar-refractivity contribution is 9.10. The molecule has 1 saturated heterocycles. The summed E-state index contributed by atoms with van der Waals surface area (Å²) < 4.78 is 12.1. The molecule has 1 fully saturated rings. The van der Waals surface area contributed by atoms with Gasteiger partial charge in [-0.1, -0.05) is 13.0 Å². The number of methoxy groups -OCH3 is 1. The molecule has 112 valence electrons. The van der Waals surface area contributed by atoms with Crippen LogP contribution in [0.3, 0.4) is 0 Å². The molecule has 1 heterocycles. The van der Waals surface area contributed by atoms with E-state index in [0.29, 0.717) is 18.1 Å². The van der Waals surface area contributed by atoms with Crippen LogP contribution in [-0.4, -0.2) is 26.4 Å². The highest BCUT2D eigenvalue weighted by Gasteiger charge is 2.30. The van der Waals surface area contributed by atoms with Gasteiger partial charge in [-0.2, -0.15) is 0 Å². The second-order valence-corrected chi connectivity index (χ2v) is 6.32. The van der Waals surface area contributed by atoms with Gasteiger partial charge in [0.1, 0.15) is 5.75 Å². The molecular formula is C16H24BrNO2. The van der Waals surface area contributed by atoms with Gasteiger partial charge in [-0.15, -0.1) is 0 Å². The minimum Gasteiger partial charge on any atom is -0.496 e.